The molecule has 0 aromatic heterocycles. The van der Waals surface area contributed by atoms with Gasteiger partial charge in [0.05, 0.1) is 50.2 Å². The lowest BCUT2D eigenvalue weighted by atomic mass is 9.84. The van der Waals surface area contributed by atoms with Crippen LogP contribution in [0.15, 0.2) is 0 Å². The Morgan fingerprint density at radius 3 is 1.76 bits per heavy atom. The van der Waals surface area contributed by atoms with Gasteiger partial charge in [-0.25, -0.2) is 0 Å². The van der Waals surface area contributed by atoms with Gasteiger partial charge in [0.1, 0.15) is 55.6 Å². The Labute approximate surface area is 266 Å². The molecule has 46 heavy (non-hydrogen) atoms. The van der Waals surface area contributed by atoms with Crippen molar-refractivity contribution in [2.75, 3.05) is 26.6 Å². The number of ether oxygens (including phenoxy) is 6. The van der Waals surface area contributed by atoms with Crippen LogP contribution in [-0.2, 0) is 28.4 Å². The average molecular weight is 675 g/mol. The van der Waals surface area contributed by atoms with Gasteiger partial charge in [0.15, 0.2) is 12.6 Å². The summed E-state index contributed by atoms with van der Waals surface area (Å²) in [6.07, 6.45) is -16.1. The molecular formula is C26H54N6O14. The van der Waals surface area contributed by atoms with Gasteiger partial charge in [-0.3, -0.25) is 0 Å². The molecular weight excluding hydrogens is 620 g/mol. The van der Waals surface area contributed by atoms with E-state index in [4.69, 9.17) is 67.9 Å². The highest BCUT2D eigenvalue weighted by Crippen LogP contribution is 2.29. The molecule has 1 saturated carbocycles. The predicted octanol–water partition coefficient (Wildman–Crippen LogP) is -8.51. The Bertz CT molecular complexity index is 906. The van der Waals surface area contributed by atoms with E-state index in [0.29, 0.717) is 0 Å². The smallest absolute Gasteiger partial charge is 0.176 e. The van der Waals surface area contributed by atoms with Crippen molar-refractivity contribution in [1.82, 2.24) is 0 Å². The summed E-state index contributed by atoms with van der Waals surface area (Å²) in [5.74, 6) is 0. The highest BCUT2D eigenvalue weighted by Gasteiger charge is 2.50. The Hall–Kier alpha value is -0.800. The van der Waals surface area contributed by atoms with E-state index in [9.17, 15) is 35.7 Å². The van der Waals surface area contributed by atoms with Crippen LogP contribution in [0.1, 0.15) is 19.8 Å². The summed E-state index contributed by atoms with van der Waals surface area (Å²) in [7, 11) is 0. The van der Waals surface area contributed by atoms with Crippen molar-refractivity contribution in [2.24, 2.45) is 34.4 Å². The van der Waals surface area contributed by atoms with Crippen LogP contribution < -0.4 is 34.4 Å². The van der Waals surface area contributed by atoms with E-state index in [1.807, 2.05) is 0 Å². The summed E-state index contributed by atoms with van der Waals surface area (Å²) < 4.78 is 34.4. The molecule has 272 valence electrons. The molecule has 0 radical (unpaired) electrons. The minimum atomic E-state index is -1.47. The summed E-state index contributed by atoms with van der Waals surface area (Å²) >= 11 is 0. The normalized spacial score (nSPS) is 44.8. The first-order valence-electron chi connectivity index (χ1n) is 15.3. The lowest BCUT2D eigenvalue weighted by molar-refractivity contribution is -0.316. The number of hydrogen-bond acceptors (Lipinski definition) is 20. The third kappa shape index (κ3) is 9.25. The second-order valence-electron chi connectivity index (χ2n) is 12.3. The number of aliphatic hydroxyl groups excluding tert-OH is 8. The van der Waals surface area contributed by atoms with Crippen molar-refractivity contribution >= 4 is 0 Å². The maximum atomic E-state index is 10.8. The Kier molecular flexibility index (Phi) is 15.3. The summed E-state index contributed by atoms with van der Waals surface area (Å²) in [5, 5.41) is 80.8. The van der Waals surface area contributed by atoms with Gasteiger partial charge in [-0.2, -0.15) is 0 Å². The number of hydrogen-bond donors (Lipinski definition) is 14. The molecule has 2 aliphatic heterocycles. The van der Waals surface area contributed by atoms with Crippen molar-refractivity contribution in [3.63, 3.8) is 0 Å². The highest BCUT2D eigenvalue weighted by molar-refractivity contribution is 5.00. The van der Waals surface area contributed by atoms with Crippen molar-refractivity contribution in [1.29, 1.82) is 0 Å². The van der Waals surface area contributed by atoms with Gasteiger partial charge in [0.2, 0.25) is 0 Å². The van der Waals surface area contributed by atoms with Gasteiger partial charge >= 0.3 is 0 Å². The lowest BCUT2D eigenvalue weighted by Gasteiger charge is -2.47. The van der Waals surface area contributed by atoms with Crippen LogP contribution in [0.4, 0.5) is 0 Å². The molecule has 20 heteroatoms. The van der Waals surface area contributed by atoms with E-state index in [0.717, 1.165) is 0 Å². The lowest BCUT2D eigenvalue weighted by Crippen LogP contribution is -2.67. The van der Waals surface area contributed by atoms with Crippen molar-refractivity contribution in [3.8, 4) is 0 Å². The van der Waals surface area contributed by atoms with Gasteiger partial charge in [-0.05, 0) is 19.8 Å². The summed E-state index contributed by atoms with van der Waals surface area (Å²) in [4.78, 5) is 0. The molecule has 0 amide bonds. The topological polar surface area (TPSA) is 373 Å². The number of rotatable bonds is 15. The molecule has 0 spiro atoms. The third-order valence-electron chi connectivity index (χ3n) is 8.88. The van der Waals surface area contributed by atoms with Crippen molar-refractivity contribution in [3.05, 3.63) is 0 Å². The van der Waals surface area contributed by atoms with Crippen LogP contribution in [0.5, 0.6) is 0 Å². The van der Waals surface area contributed by atoms with Gasteiger partial charge in [0.25, 0.3) is 0 Å². The second-order valence-corrected chi connectivity index (χ2v) is 12.3. The van der Waals surface area contributed by atoms with Crippen LogP contribution in [0.2, 0.25) is 0 Å². The summed E-state index contributed by atoms with van der Waals surface area (Å²) in [6.45, 7) is -0.833. The van der Waals surface area contributed by atoms with Crippen LogP contribution in [0, 0.1) is 0 Å². The third-order valence-corrected chi connectivity index (χ3v) is 8.88. The average Bonchev–Trinajstić information content (AvgIpc) is 3.02. The molecule has 19 atom stereocenters. The Morgan fingerprint density at radius 1 is 0.717 bits per heavy atom. The minimum Gasteiger partial charge on any atom is -0.394 e. The minimum absolute atomic E-state index is 0.0810. The molecule has 0 bridgehead atoms. The molecule has 3 aliphatic rings. The predicted molar refractivity (Wildman–Crippen MR) is 156 cm³/mol. The zero-order valence-corrected chi connectivity index (χ0v) is 25.7. The van der Waals surface area contributed by atoms with Gasteiger partial charge in [0, 0.05) is 24.2 Å². The second kappa shape index (κ2) is 17.7. The maximum absolute atomic E-state index is 10.8. The molecule has 3 fully saturated rings. The standard InChI is InChI=1S/C26H54N6O14/c1-8(9(27)2-10(28)13(36)4-33)43-25-16(31)23(19(38)14(5-34)44-25)41-7-42-24-17(32)26(45-15(6-35)20(24)39)46-22-12(30)3-11(29)18(37)21(22)40/h8-26,33-40H,2-7,27-32H2,1H3/t8-,9?,10?,11?,12?,13-,14?,15?,16?,17?,18?,19?,20?,21?,22?,23?,24?,25?,26?/m1/s1. The van der Waals surface area contributed by atoms with Gasteiger partial charge < -0.3 is 104 Å². The first-order valence-corrected chi connectivity index (χ1v) is 15.3. The monoisotopic (exact) mass is 674 g/mol. The fraction of sp³-hybridized carbons (Fsp3) is 1.00. The zero-order valence-electron chi connectivity index (χ0n) is 25.7. The molecule has 1 aliphatic carbocycles. The molecule has 20 N–H and O–H groups in total. The Balaban J connectivity index is 1.64. The molecule has 20 nitrogen and oxygen atoms in total. The van der Waals surface area contributed by atoms with Crippen LogP contribution in [0.25, 0.3) is 0 Å². The molecule has 0 aromatic carbocycles. The molecule has 2 heterocycles. The maximum Gasteiger partial charge on any atom is 0.176 e. The number of nitrogens with two attached hydrogens (primary N) is 6. The molecule has 3 rings (SSSR count). The van der Waals surface area contributed by atoms with Gasteiger partial charge in [-0.1, -0.05) is 0 Å². The summed E-state index contributed by atoms with van der Waals surface area (Å²) in [6, 6.07) is -5.49. The van der Waals surface area contributed by atoms with Crippen molar-refractivity contribution < 1.29 is 69.3 Å². The van der Waals surface area contributed by atoms with E-state index >= 15 is 0 Å². The van der Waals surface area contributed by atoms with Crippen LogP contribution in [-0.4, -0.2) is 183 Å². The van der Waals surface area contributed by atoms with E-state index < -0.39 is 143 Å². The molecule has 17 unspecified atom stereocenters. The fourth-order valence-electron chi connectivity index (χ4n) is 5.77. The van der Waals surface area contributed by atoms with Crippen LogP contribution >= 0.6 is 0 Å². The van der Waals surface area contributed by atoms with E-state index in [2.05, 4.69) is 0 Å². The zero-order chi connectivity index (χ0) is 34.5. The van der Waals surface area contributed by atoms with Crippen molar-refractivity contribution in [2.45, 2.75) is 136 Å². The SMILES string of the molecule is C[C@@H](OC1OC(CO)C(O)C(OCOC2C(N)C(OC3C(N)CC(N)C(O)C3O)OC(CO)C2O)C1N)C(N)CC(N)[C@H](O)CO. The first kappa shape index (κ1) is 39.6. The molecule has 2 saturated heterocycles. The Morgan fingerprint density at radius 2 is 1.24 bits per heavy atom. The summed E-state index contributed by atoms with van der Waals surface area (Å²) in [5.41, 5.74) is 36.5. The highest BCUT2D eigenvalue weighted by atomic mass is 16.7. The van der Waals surface area contributed by atoms with E-state index in [-0.39, 0.29) is 12.8 Å². The molecule has 0 aromatic rings. The fourth-order valence-corrected chi connectivity index (χ4v) is 5.77. The van der Waals surface area contributed by atoms with Gasteiger partial charge in [-0.15, -0.1) is 0 Å². The quantitative estimate of drug-likeness (QED) is 0.0717. The van der Waals surface area contributed by atoms with E-state index in [1.54, 1.807) is 6.92 Å². The number of aliphatic hydroxyl groups is 8. The largest absolute Gasteiger partial charge is 0.394 e. The van der Waals surface area contributed by atoms with Crippen LogP contribution in [0.3, 0.4) is 0 Å². The van der Waals surface area contributed by atoms with E-state index in [1.165, 1.54) is 0 Å². The first-order chi connectivity index (χ1) is 21.7.